The van der Waals surface area contributed by atoms with Gasteiger partial charge in [0.05, 0.1) is 0 Å². The van der Waals surface area contributed by atoms with Crippen LogP contribution in [0.25, 0.3) is 11.4 Å². The van der Waals surface area contributed by atoms with E-state index in [4.69, 9.17) is 4.52 Å². The molecule has 3 aromatic rings. The topological polar surface area (TPSA) is 51.0 Å². The highest BCUT2D eigenvalue weighted by Gasteiger charge is 2.07. The molecule has 0 aliphatic rings. The van der Waals surface area contributed by atoms with Crippen molar-refractivity contribution in [1.82, 2.24) is 10.1 Å². The number of nitrogens with one attached hydrogen (secondary N) is 1. The molecule has 1 heterocycles. The molecule has 106 valence electrons. The molecule has 4 nitrogen and oxygen atoms in total. The molecule has 0 aliphatic carbocycles. The number of rotatable bonds is 6. The smallest absolute Gasteiger partial charge is 0.227 e. The van der Waals surface area contributed by atoms with Crippen LogP contribution in [-0.4, -0.2) is 16.7 Å². The summed E-state index contributed by atoms with van der Waals surface area (Å²) in [6, 6.07) is 20.0. The van der Waals surface area contributed by atoms with E-state index in [0.29, 0.717) is 11.7 Å². The number of benzene rings is 2. The number of aryl methyl sites for hydroxylation is 1. The molecule has 1 N–H and O–H groups in total. The Bertz CT molecular complexity index is 665. The number of anilines is 1. The van der Waals surface area contributed by atoms with Crippen LogP contribution in [-0.2, 0) is 6.42 Å². The maximum Gasteiger partial charge on any atom is 0.227 e. The average molecular weight is 279 g/mol. The lowest BCUT2D eigenvalue weighted by molar-refractivity contribution is 0.377. The number of aromatic nitrogens is 2. The van der Waals surface area contributed by atoms with Crippen LogP contribution in [0.1, 0.15) is 12.3 Å². The highest BCUT2D eigenvalue weighted by atomic mass is 16.5. The first-order valence-corrected chi connectivity index (χ1v) is 7.09. The third-order valence-corrected chi connectivity index (χ3v) is 3.17. The Morgan fingerprint density at radius 3 is 2.38 bits per heavy atom. The van der Waals surface area contributed by atoms with Crippen LogP contribution in [0.15, 0.2) is 65.2 Å². The fraction of sp³-hybridized carbons (Fsp3) is 0.176. The van der Waals surface area contributed by atoms with Gasteiger partial charge in [-0.15, -0.1) is 0 Å². The Morgan fingerprint density at radius 2 is 1.62 bits per heavy atom. The van der Waals surface area contributed by atoms with Gasteiger partial charge in [-0.25, -0.2) is 0 Å². The lowest BCUT2D eigenvalue weighted by atomic mass is 10.2. The minimum absolute atomic E-state index is 0.654. The van der Waals surface area contributed by atoms with E-state index >= 15 is 0 Å². The summed E-state index contributed by atoms with van der Waals surface area (Å²) < 4.78 is 5.28. The molecule has 0 radical (unpaired) electrons. The number of hydrogen-bond acceptors (Lipinski definition) is 4. The van der Waals surface area contributed by atoms with E-state index in [9.17, 15) is 0 Å². The zero-order valence-electron chi connectivity index (χ0n) is 11.7. The number of para-hydroxylation sites is 1. The van der Waals surface area contributed by atoms with Crippen molar-refractivity contribution < 1.29 is 4.52 Å². The summed E-state index contributed by atoms with van der Waals surface area (Å²) in [6.07, 6.45) is 1.73. The first kappa shape index (κ1) is 13.4. The molecule has 2 aromatic carbocycles. The summed E-state index contributed by atoms with van der Waals surface area (Å²) in [5.41, 5.74) is 2.11. The first-order chi connectivity index (χ1) is 10.4. The summed E-state index contributed by atoms with van der Waals surface area (Å²) in [6.45, 7) is 0.882. The van der Waals surface area contributed by atoms with Gasteiger partial charge in [-0.1, -0.05) is 53.7 Å². The van der Waals surface area contributed by atoms with Crippen molar-refractivity contribution in [2.24, 2.45) is 0 Å². The molecule has 0 bridgehead atoms. The predicted octanol–water partition coefficient (Wildman–Crippen LogP) is 3.78. The molecule has 0 amide bonds. The molecule has 0 spiro atoms. The highest BCUT2D eigenvalue weighted by molar-refractivity contribution is 5.53. The zero-order valence-corrected chi connectivity index (χ0v) is 11.7. The van der Waals surface area contributed by atoms with Crippen LogP contribution in [0.5, 0.6) is 0 Å². The average Bonchev–Trinajstić information content (AvgIpc) is 3.02. The van der Waals surface area contributed by atoms with Gasteiger partial charge in [0.1, 0.15) is 0 Å². The molecule has 0 aliphatic heterocycles. The SMILES string of the molecule is c1ccc(NCCCc2nc(-c3ccccc3)no2)cc1. The molecule has 0 unspecified atom stereocenters. The normalized spacial score (nSPS) is 10.5. The van der Waals surface area contributed by atoms with Crippen molar-refractivity contribution in [1.29, 1.82) is 0 Å². The van der Waals surface area contributed by atoms with Gasteiger partial charge in [-0.05, 0) is 18.6 Å². The van der Waals surface area contributed by atoms with Gasteiger partial charge in [-0.2, -0.15) is 4.98 Å². The molecule has 4 heteroatoms. The van der Waals surface area contributed by atoms with E-state index in [1.54, 1.807) is 0 Å². The molecule has 3 rings (SSSR count). The third kappa shape index (κ3) is 3.69. The van der Waals surface area contributed by atoms with Gasteiger partial charge in [0.15, 0.2) is 0 Å². The van der Waals surface area contributed by atoms with Gasteiger partial charge in [0, 0.05) is 24.2 Å². The Hall–Kier alpha value is -2.62. The molecule has 21 heavy (non-hydrogen) atoms. The summed E-state index contributed by atoms with van der Waals surface area (Å²) in [4.78, 5) is 4.42. The second-order valence-corrected chi connectivity index (χ2v) is 4.77. The lowest BCUT2D eigenvalue weighted by Gasteiger charge is -2.03. The lowest BCUT2D eigenvalue weighted by Crippen LogP contribution is -2.02. The second kappa shape index (κ2) is 6.70. The van der Waals surface area contributed by atoms with Gasteiger partial charge >= 0.3 is 0 Å². The summed E-state index contributed by atoms with van der Waals surface area (Å²) >= 11 is 0. The molecule has 1 aromatic heterocycles. The zero-order chi connectivity index (χ0) is 14.3. The number of nitrogens with zero attached hydrogens (tertiary/aromatic N) is 2. The largest absolute Gasteiger partial charge is 0.385 e. The van der Waals surface area contributed by atoms with Gasteiger partial charge < -0.3 is 9.84 Å². The maximum atomic E-state index is 5.28. The van der Waals surface area contributed by atoms with Crippen LogP contribution in [0.3, 0.4) is 0 Å². The maximum absolute atomic E-state index is 5.28. The third-order valence-electron chi connectivity index (χ3n) is 3.17. The summed E-state index contributed by atoms with van der Waals surface area (Å²) in [5.74, 6) is 1.34. The van der Waals surface area contributed by atoms with Crippen LogP contribution < -0.4 is 5.32 Å². The van der Waals surface area contributed by atoms with Crippen LogP contribution >= 0.6 is 0 Å². The monoisotopic (exact) mass is 279 g/mol. The Labute approximate surface area is 123 Å². The van der Waals surface area contributed by atoms with E-state index in [-0.39, 0.29) is 0 Å². The van der Waals surface area contributed by atoms with Crippen molar-refractivity contribution in [3.05, 3.63) is 66.6 Å². The highest BCUT2D eigenvalue weighted by Crippen LogP contribution is 2.15. The van der Waals surface area contributed by atoms with E-state index in [1.165, 1.54) is 0 Å². The molecule has 0 fully saturated rings. The van der Waals surface area contributed by atoms with E-state index in [2.05, 4.69) is 27.6 Å². The fourth-order valence-electron chi connectivity index (χ4n) is 2.09. The van der Waals surface area contributed by atoms with Gasteiger partial charge in [0.25, 0.3) is 0 Å². The fourth-order valence-corrected chi connectivity index (χ4v) is 2.09. The standard InChI is InChI=1S/C17H17N3O/c1-3-8-14(9-4-1)17-19-16(21-20-17)12-7-13-18-15-10-5-2-6-11-15/h1-6,8-11,18H,7,12-13H2. The molecule has 0 saturated heterocycles. The molecule has 0 saturated carbocycles. The van der Waals surface area contributed by atoms with Crippen molar-refractivity contribution in [2.45, 2.75) is 12.8 Å². The van der Waals surface area contributed by atoms with E-state index in [1.807, 2.05) is 48.5 Å². The summed E-state index contributed by atoms with van der Waals surface area (Å²) in [5, 5.41) is 7.38. The van der Waals surface area contributed by atoms with Gasteiger partial charge in [0.2, 0.25) is 11.7 Å². The van der Waals surface area contributed by atoms with E-state index in [0.717, 1.165) is 30.6 Å². The molecular weight excluding hydrogens is 262 g/mol. The summed E-state index contributed by atoms with van der Waals surface area (Å²) in [7, 11) is 0. The minimum atomic E-state index is 0.654. The Kier molecular flexibility index (Phi) is 4.27. The number of hydrogen-bond donors (Lipinski definition) is 1. The van der Waals surface area contributed by atoms with Crippen LogP contribution in [0, 0.1) is 0 Å². The molecular formula is C17H17N3O. The van der Waals surface area contributed by atoms with Crippen molar-refractivity contribution in [2.75, 3.05) is 11.9 Å². The van der Waals surface area contributed by atoms with Crippen LogP contribution in [0.4, 0.5) is 5.69 Å². The second-order valence-electron chi connectivity index (χ2n) is 4.77. The first-order valence-electron chi connectivity index (χ1n) is 7.09. The Morgan fingerprint density at radius 1 is 0.905 bits per heavy atom. The minimum Gasteiger partial charge on any atom is -0.385 e. The van der Waals surface area contributed by atoms with E-state index < -0.39 is 0 Å². The quantitative estimate of drug-likeness (QED) is 0.698. The van der Waals surface area contributed by atoms with Crippen molar-refractivity contribution in [3.63, 3.8) is 0 Å². The van der Waals surface area contributed by atoms with Crippen molar-refractivity contribution >= 4 is 5.69 Å². The van der Waals surface area contributed by atoms with Crippen LogP contribution in [0.2, 0.25) is 0 Å². The van der Waals surface area contributed by atoms with Crippen molar-refractivity contribution in [3.8, 4) is 11.4 Å². The Balaban J connectivity index is 1.49. The predicted molar refractivity (Wildman–Crippen MR) is 83.0 cm³/mol. The van der Waals surface area contributed by atoms with Gasteiger partial charge in [-0.3, -0.25) is 0 Å². The molecule has 0 atom stereocenters.